The molecule has 0 saturated carbocycles. The Morgan fingerprint density at radius 2 is 2.04 bits per heavy atom. The second-order valence-electron chi connectivity index (χ2n) is 7.11. The van der Waals surface area contributed by atoms with Crippen LogP contribution in [0, 0.1) is 0 Å². The third kappa shape index (κ3) is 3.47. The van der Waals surface area contributed by atoms with Crippen molar-refractivity contribution in [1.82, 2.24) is 14.5 Å². The quantitative estimate of drug-likeness (QED) is 0.859. The number of methoxy groups -OCH3 is 1. The molecule has 1 saturated heterocycles. The third-order valence-corrected chi connectivity index (χ3v) is 5.40. The maximum atomic E-state index is 12.0. The van der Waals surface area contributed by atoms with Crippen molar-refractivity contribution in [3.8, 4) is 5.75 Å². The highest BCUT2D eigenvalue weighted by molar-refractivity contribution is 5.27. The summed E-state index contributed by atoms with van der Waals surface area (Å²) in [6.07, 6.45) is 4.37. The van der Waals surface area contributed by atoms with Gasteiger partial charge in [0.25, 0.3) is 5.56 Å². The van der Waals surface area contributed by atoms with Crippen LogP contribution in [0.4, 0.5) is 0 Å². The Kier molecular flexibility index (Phi) is 4.57. The average Bonchev–Trinajstić information content (AvgIpc) is 3.10. The van der Waals surface area contributed by atoms with Crippen LogP contribution in [0.2, 0.25) is 0 Å². The second kappa shape index (κ2) is 7.00. The van der Waals surface area contributed by atoms with Gasteiger partial charge in [0.1, 0.15) is 11.6 Å². The first-order valence-corrected chi connectivity index (χ1v) is 9.19. The minimum Gasteiger partial charge on any atom is -0.497 e. The molecule has 1 aromatic carbocycles. The molecule has 4 rings (SSSR count). The monoisotopic (exact) mass is 339 g/mol. The molecule has 5 heteroatoms. The normalized spacial score (nSPS) is 20.4. The highest BCUT2D eigenvalue weighted by Gasteiger charge is 2.26. The van der Waals surface area contributed by atoms with E-state index in [4.69, 9.17) is 4.74 Å². The fraction of sp³-hybridized carbons (Fsp3) is 0.500. The predicted octanol–water partition coefficient (Wildman–Crippen LogP) is 2.58. The summed E-state index contributed by atoms with van der Waals surface area (Å²) in [6, 6.07) is 10.1. The van der Waals surface area contributed by atoms with Crippen molar-refractivity contribution in [2.75, 3.05) is 20.2 Å². The molecule has 1 fully saturated rings. The summed E-state index contributed by atoms with van der Waals surface area (Å²) >= 11 is 0. The molecule has 0 radical (unpaired) electrons. The first-order valence-electron chi connectivity index (χ1n) is 9.19. The number of nitrogens with zero attached hydrogens (tertiary/aromatic N) is 3. The van der Waals surface area contributed by atoms with E-state index in [0.717, 1.165) is 57.0 Å². The van der Waals surface area contributed by atoms with Crippen LogP contribution in [0.25, 0.3) is 0 Å². The van der Waals surface area contributed by atoms with Gasteiger partial charge in [-0.15, -0.1) is 0 Å². The summed E-state index contributed by atoms with van der Waals surface area (Å²) in [6.45, 7) is 4.08. The van der Waals surface area contributed by atoms with Crippen LogP contribution in [0.1, 0.15) is 42.3 Å². The molecule has 2 aliphatic heterocycles. The summed E-state index contributed by atoms with van der Waals surface area (Å²) in [5.41, 5.74) is 2.43. The van der Waals surface area contributed by atoms with E-state index < -0.39 is 0 Å². The van der Waals surface area contributed by atoms with Gasteiger partial charge in [-0.05, 0) is 43.5 Å². The molecule has 2 aromatic rings. The van der Waals surface area contributed by atoms with Gasteiger partial charge in [-0.1, -0.05) is 12.1 Å². The van der Waals surface area contributed by atoms with E-state index >= 15 is 0 Å². The largest absolute Gasteiger partial charge is 0.497 e. The SMILES string of the molecule is COc1ccc(CN2CCCC(c3cc(=O)nc4n3CCC4)C2)cc1. The Hall–Kier alpha value is -2.14. The number of hydrogen-bond acceptors (Lipinski definition) is 4. The lowest BCUT2D eigenvalue weighted by Gasteiger charge is -2.34. The Morgan fingerprint density at radius 3 is 2.84 bits per heavy atom. The van der Waals surface area contributed by atoms with E-state index in [1.54, 1.807) is 13.2 Å². The van der Waals surface area contributed by atoms with Crippen LogP contribution >= 0.6 is 0 Å². The van der Waals surface area contributed by atoms with Gasteiger partial charge in [0.15, 0.2) is 0 Å². The molecular weight excluding hydrogens is 314 g/mol. The third-order valence-electron chi connectivity index (χ3n) is 5.40. The zero-order valence-electron chi connectivity index (χ0n) is 14.8. The van der Waals surface area contributed by atoms with Gasteiger partial charge in [-0.3, -0.25) is 9.69 Å². The van der Waals surface area contributed by atoms with E-state index in [0.29, 0.717) is 5.92 Å². The van der Waals surface area contributed by atoms with Crippen molar-refractivity contribution >= 4 is 0 Å². The van der Waals surface area contributed by atoms with Gasteiger partial charge < -0.3 is 9.30 Å². The van der Waals surface area contributed by atoms with E-state index in [-0.39, 0.29) is 5.56 Å². The fourth-order valence-electron chi connectivity index (χ4n) is 4.19. The fourth-order valence-corrected chi connectivity index (χ4v) is 4.19. The Balaban J connectivity index is 1.50. The Labute approximate surface area is 148 Å². The summed E-state index contributed by atoms with van der Waals surface area (Å²) in [4.78, 5) is 18.7. The molecule has 0 aliphatic carbocycles. The molecule has 1 atom stereocenters. The topological polar surface area (TPSA) is 47.4 Å². The zero-order chi connectivity index (χ0) is 17.2. The van der Waals surface area contributed by atoms with Gasteiger partial charge >= 0.3 is 0 Å². The minimum atomic E-state index is -0.0737. The van der Waals surface area contributed by atoms with Crippen LogP contribution in [-0.2, 0) is 19.5 Å². The van der Waals surface area contributed by atoms with Crippen molar-refractivity contribution < 1.29 is 4.74 Å². The van der Waals surface area contributed by atoms with E-state index in [2.05, 4.69) is 26.6 Å². The van der Waals surface area contributed by atoms with Crippen LogP contribution in [0.5, 0.6) is 5.75 Å². The van der Waals surface area contributed by atoms with E-state index in [9.17, 15) is 4.79 Å². The summed E-state index contributed by atoms with van der Waals surface area (Å²) in [7, 11) is 1.69. The Morgan fingerprint density at radius 1 is 1.20 bits per heavy atom. The maximum absolute atomic E-state index is 12.0. The smallest absolute Gasteiger partial charge is 0.273 e. The number of ether oxygens (including phenoxy) is 1. The van der Waals surface area contributed by atoms with Gasteiger partial charge in [0.05, 0.1) is 7.11 Å². The van der Waals surface area contributed by atoms with Crippen LogP contribution < -0.4 is 10.3 Å². The molecule has 0 bridgehead atoms. The lowest BCUT2D eigenvalue weighted by atomic mass is 9.93. The number of piperidine rings is 1. The van der Waals surface area contributed by atoms with Crippen molar-refractivity contribution in [3.63, 3.8) is 0 Å². The number of hydrogen-bond donors (Lipinski definition) is 0. The number of aryl methyl sites for hydroxylation is 1. The summed E-state index contributed by atoms with van der Waals surface area (Å²) < 4.78 is 7.53. The van der Waals surface area contributed by atoms with Gasteiger partial charge in [0, 0.05) is 43.7 Å². The molecular formula is C20H25N3O2. The molecule has 0 N–H and O–H groups in total. The predicted molar refractivity (Wildman–Crippen MR) is 97.1 cm³/mol. The van der Waals surface area contributed by atoms with Crippen molar-refractivity contribution in [1.29, 1.82) is 0 Å². The molecule has 5 nitrogen and oxygen atoms in total. The lowest BCUT2D eigenvalue weighted by Crippen LogP contribution is -2.35. The maximum Gasteiger partial charge on any atom is 0.273 e. The number of rotatable bonds is 4. The first-order chi connectivity index (χ1) is 12.2. The van der Waals surface area contributed by atoms with Gasteiger partial charge in [-0.25, -0.2) is 0 Å². The number of benzene rings is 1. The van der Waals surface area contributed by atoms with Gasteiger partial charge in [0.2, 0.25) is 0 Å². The number of likely N-dealkylation sites (tertiary alicyclic amines) is 1. The standard InChI is InChI=1S/C20H25N3O2/c1-25-17-8-6-15(7-9-17)13-22-10-2-4-16(14-22)18-12-20(24)21-19-5-3-11-23(18)19/h6-9,12,16H,2-5,10-11,13-14H2,1H3. The van der Waals surface area contributed by atoms with Crippen LogP contribution in [0.15, 0.2) is 35.1 Å². The second-order valence-corrected chi connectivity index (χ2v) is 7.11. The van der Waals surface area contributed by atoms with E-state index in [1.165, 1.54) is 17.7 Å². The molecule has 1 unspecified atom stereocenters. The van der Waals surface area contributed by atoms with E-state index in [1.807, 2.05) is 12.1 Å². The van der Waals surface area contributed by atoms with Crippen molar-refractivity contribution in [2.45, 2.75) is 44.7 Å². The summed E-state index contributed by atoms with van der Waals surface area (Å²) in [5, 5.41) is 0. The summed E-state index contributed by atoms with van der Waals surface area (Å²) in [5.74, 6) is 2.31. The van der Waals surface area contributed by atoms with Crippen molar-refractivity contribution in [3.05, 3.63) is 57.8 Å². The van der Waals surface area contributed by atoms with Gasteiger partial charge in [-0.2, -0.15) is 4.98 Å². The number of aromatic nitrogens is 2. The molecule has 1 aromatic heterocycles. The molecule has 3 heterocycles. The Bertz CT molecular complexity index is 798. The molecule has 132 valence electrons. The van der Waals surface area contributed by atoms with Crippen LogP contribution in [-0.4, -0.2) is 34.7 Å². The molecule has 0 amide bonds. The lowest BCUT2D eigenvalue weighted by molar-refractivity contribution is 0.196. The average molecular weight is 339 g/mol. The molecule has 2 aliphatic rings. The molecule has 0 spiro atoms. The first kappa shape index (κ1) is 16.3. The molecule has 25 heavy (non-hydrogen) atoms. The minimum absolute atomic E-state index is 0.0737. The highest BCUT2D eigenvalue weighted by Crippen LogP contribution is 2.29. The van der Waals surface area contributed by atoms with Crippen LogP contribution in [0.3, 0.4) is 0 Å². The number of fused-ring (bicyclic) bond motifs is 1. The van der Waals surface area contributed by atoms with Crippen molar-refractivity contribution in [2.24, 2.45) is 0 Å². The zero-order valence-corrected chi connectivity index (χ0v) is 14.8. The highest BCUT2D eigenvalue weighted by atomic mass is 16.5.